The van der Waals surface area contributed by atoms with Crippen molar-refractivity contribution in [2.45, 2.75) is 6.92 Å². The van der Waals surface area contributed by atoms with E-state index >= 15 is 0 Å². The molecule has 0 fully saturated rings. The fourth-order valence-electron chi connectivity index (χ4n) is 2.75. The molecule has 0 spiro atoms. The van der Waals surface area contributed by atoms with Crippen LogP contribution in [-0.2, 0) is 0 Å². The lowest BCUT2D eigenvalue weighted by atomic mass is 10.1. The average Bonchev–Trinajstić information content (AvgIpc) is 3.30. The summed E-state index contributed by atoms with van der Waals surface area (Å²) < 4.78 is 15.6. The molecule has 3 rings (SSSR count). The van der Waals surface area contributed by atoms with E-state index in [1.807, 2.05) is 0 Å². The van der Waals surface area contributed by atoms with Gasteiger partial charge in [-0.15, -0.1) is 0 Å². The maximum absolute atomic E-state index is 12.6. The summed E-state index contributed by atoms with van der Waals surface area (Å²) in [6.07, 6.45) is 1.38. The van der Waals surface area contributed by atoms with E-state index in [-0.39, 0.29) is 29.4 Å². The van der Waals surface area contributed by atoms with Crippen molar-refractivity contribution in [1.29, 1.82) is 0 Å². The van der Waals surface area contributed by atoms with Crippen LogP contribution in [0, 0.1) is 10.1 Å². The molecule has 2 aromatic carbocycles. The van der Waals surface area contributed by atoms with Crippen LogP contribution >= 0.6 is 0 Å². The number of carbonyl (C=O) groups is 2. The molecule has 0 unspecified atom stereocenters. The minimum absolute atomic E-state index is 0.0855. The number of carbonyl (C=O) groups excluding carboxylic acids is 2. The maximum Gasteiger partial charge on any atom is 0.311 e. The predicted molar refractivity (Wildman–Crippen MR) is 112 cm³/mol. The summed E-state index contributed by atoms with van der Waals surface area (Å²) in [6.45, 7) is 1.97. The Kier molecular flexibility index (Phi) is 6.51. The molecule has 2 N–H and O–H groups in total. The molecule has 2 amide bonds. The molecule has 3 aromatic rings. The van der Waals surface area contributed by atoms with Gasteiger partial charge in [-0.2, -0.15) is 0 Å². The molecule has 31 heavy (non-hydrogen) atoms. The minimum atomic E-state index is -0.610. The molecule has 0 aliphatic carbocycles. The smallest absolute Gasteiger partial charge is 0.311 e. The van der Waals surface area contributed by atoms with Crippen LogP contribution in [0.2, 0.25) is 0 Å². The van der Waals surface area contributed by atoms with Gasteiger partial charge in [-0.05, 0) is 43.3 Å². The van der Waals surface area contributed by atoms with Crippen molar-refractivity contribution in [1.82, 2.24) is 0 Å². The lowest BCUT2D eigenvalue weighted by molar-refractivity contribution is -0.385. The fourth-order valence-corrected chi connectivity index (χ4v) is 2.75. The van der Waals surface area contributed by atoms with Gasteiger partial charge in [-0.3, -0.25) is 19.7 Å². The van der Waals surface area contributed by atoms with Crippen LogP contribution < -0.4 is 20.1 Å². The number of nitro benzene ring substituents is 1. The Bertz CT molecular complexity index is 1110. The second-order valence-electron chi connectivity index (χ2n) is 6.17. The van der Waals surface area contributed by atoms with Gasteiger partial charge in [0.15, 0.2) is 11.5 Å². The molecule has 0 atom stereocenters. The van der Waals surface area contributed by atoms with Crippen molar-refractivity contribution in [3.8, 4) is 11.5 Å². The summed E-state index contributed by atoms with van der Waals surface area (Å²) in [5, 5.41) is 16.6. The van der Waals surface area contributed by atoms with Crippen LogP contribution in [-0.4, -0.2) is 30.5 Å². The van der Waals surface area contributed by atoms with E-state index in [4.69, 9.17) is 13.9 Å². The zero-order chi connectivity index (χ0) is 22.4. The number of benzene rings is 2. The van der Waals surface area contributed by atoms with Gasteiger partial charge in [0.1, 0.15) is 5.75 Å². The lowest BCUT2D eigenvalue weighted by Gasteiger charge is -2.12. The topological polar surface area (TPSA) is 133 Å². The molecule has 0 aliphatic heterocycles. The highest BCUT2D eigenvalue weighted by Crippen LogP contribution is 2.30. The molecule has 10 nitrogen and oxygen atoms in total. The monoisotopic (exact) mass is 425 g/mol. The van der Waals surface area contributed by atoms with Crippen LogP contribution in [0.1, 0.15) is 27.8 Å². The quantitative estimate of drug-likeness (QED) is 0.410. The van der Waals surface area contributed by atoms with Crippen LogP contribution in [0.4, 0.5) is 17.1 Å². The number of hydrogen-bond donors (Lipinski definition) is 2. The van der Waals surface area contributed by atoms with Gasteiger partial charge in [0, 0.05) is 23.4 Å². The first-order chi connectivity index (χ1) is 14.9. The van der Waals surface area contributed by atoms with Gasteiger partial charge in [0.05, 0.1) is 30.6 Å². The third kappa shape index (κ3) is 4.99. The molecule has 10 heteroatoms. The van der Waals surface area contributed by atoms with Gasteiger partial charge < -0.3 is 24.5 Å². The number of anilines is 2. The number of nitrogens with zero attached hydrogens (tertiary/aromatic N) is 1. The number of nitrogens with one attached hydrogen (secondary N) is 2. The van der Waals surface area contributed by atoms with Gasteiger partial charge in [-0.25, -0.2) is 0 Å². The van der Waals surface area contributed by atoms with Gasteiger partial charge in [0.25, 0.3) is 11.8 Å². The summed E-state index contributed by atoms with van der Waals surface area (Å²) in [5.74, 6) is -0.489. The Morgan fingerprint density at radius 3 is 2.52 bits per heavy atom. The normalized spacial score (nSPS) is 10.3. The number of ether oxygens (including phenoxy) is 2. The Morgan fingerprint density at radius 2 is 1.87 bits per heavy atom. The van der Waals surface area contributed by atoms with Gasteiger partial charge in [0.2, 0.25) is 0 Å². The van der Waals surface area contributed by atoms with E-state index in [0.29, 0.717) is 17.1 Å². The van der Waals surface area contributed by atoms with Crippen molar-refractivity contribution in [2.24, 2.45) is 0 Å². The van der Waals surface area contributed by atoms with Crippen molar-refractivity contribution < 1.29 is 28.4 Å². The highest BCUT2D eigenvalue weighted by atomic mass is 16.6. The first kappa shape index (κ1) is 21.4. The van der Waals surface area contributed by atoms with Crippen LogP contribution in [0.3, 0.4) is 0 Å². The maximum atomic E-state index is 12.6. The Balaban J connectivity index is 1.78. The van der Waals surface area contributed by atoms with Gasteiger partial charge in [-0.1, -0.05) is 0 Å². The number of nitro groups is 1. The highest BCUT2D eigenvalue weighted by Gasteiger charge is 2.19. The standard InChI is InChI=1S/C21H19N3O7/c1-3-30-17-9-6-13(11-16(17)24(27)28)20(25)22-14-7-8-15(19(12-14)29-2)23-21(26)18-5-4-10-31-18/h4-12H,3H2,1-2H3,(H,22,25)(H,23,26). The zero-order valence-corrected chi connectivity index (χ0v) is 16.7. The van der Waals surface area contributed by atoms with Crippen molar-refractivity contribution in [3.63, 3.8) is 0 Å². The SMILES string of the molecule is CCOc1ccc(C(=O)Nc2ccc(NC(=O)c3ccco3)c(OC)c2)cc1[N+](=O)[O-]. The number of furan rings is 1. The first-order valence-corrected chi connectivity index (χ1v) is 9.18. The van der Waals surface area contributed by atoms with E-state index in [2.05, 4.69) is 10.6 Å². The summed E-state index contributed by atoms with van der Waals surface area (Å²) >= 11 is 0. The molecule has 0 saturated carbocycles. The lowest BCUT2D eigenvalue weighted by Crippen LogP contribution is -2.14. The zero-order valence-electron chi connectivity index (χ0n) is 16.7. The second-order valence-corrected chi connectivity index (χ2v) is 6.17. The fraction of sp³-hybridized carbons (Fsp3) is 0.143. The van der Waals surface area contributed by atoms with Gasteiger partial charge >= 0.3 is 5.69 Å². The van der Waals surface area contributed by atoms with Crippen molar-refractivity contribution in [3.05, 3.63) is 76.2 Å². The summed E-state index contributed by atoms with van der Waals surface area (Å²) in [6, 6.07) is 11.7. The van der Waals surface area contributed by atoms with E-state index in [9.17, 15) is 19.7 Å². The molecule has 160 valence electrons. The molecule has 0 bridgehead atoms. The molecular formula is C21H19N3O7. The molecule has 1 aromatic heterocycles. The number of amides is 2. The Morgan fingerprint density at radius 1 is 1.06 bits per heavy atom. The van der Waals surface area contributed by atoms with E-state index in [1.54, 1.807) is 25.1 Å². The van der Waals surface area contributed by atoms with Crippen LogP contribution in [0.15, 0.2) is 59.2 Å². The molecule has 1 heterocycles. The predicted octanol–water partition coefficient (Wildman–Crippen LogP) is 4.10. The highest BCUT2D eigenvalue weighted by molar-refractivity contribution is 6.06. The molecular weight excluding hydrogens is 406 g/mol. The van der Waals surface area contributed by atoms with Crippen molar-refractivity contribution in [2.75, 3.05) is 24.4 Å². The second kappa shape index (κ2) is 9.44. The Hall–Kier alpha value is -4.34. The largest absolute Gasteiger partial charge is 0.494 e. The first-order valence-electron chi connectivity index (χ1n) is 9.18. The summed E-state index contributed by atoms with van der Waals surface area (Å²) in [4.78, 5) is 35.4. The Labute approximate surface area is 176 Å². The molecule has 0 saturated heterocycles. The van der Waals surface area contributed by atoms with Crippen LogP contribution in [0.25, 0.3) is 0 Å². The van der Waals surface area contributed by atoms with E-state index < -0.39 is 16.7 Å². The average molecular weight is 425 g/mol. The minimum Gasteiger partial charge on any atom is -0.494 e. The molecule has 0 aliphatic rings. The summed E-state index contributed by atoms with van der Waals surface area (Å²) in [5.41, 5.74) is 0.528. The number of hydrogen-bond acceptors (Lipinski definition) is 7. The number of methoxy groups -OCH3 is 1. The van der Waals surface area contributed by atoms with E-state index in [1.165, 1.54) is 37.6 Å². The third-order valence-corrected chi connectivity index (χ3v) is 4.17. The van der Waals surface area contributed by atoms with Crippen LogP contribution in [0.5, 0.6) is 11.5 Å². The number of rotatable bonds is 8. The third-order valence-electron chi connectivity index (χ3n) is 4.17. The molecule has 0 radical (unpaired) electrons. The summed E-state index contributed by atoms with van der Waals surface area (Å²) in [7, 11) is 1.42. The van der Waals surface area contributed by atoms with E-state index in [0.717, 1.165) is 6.07 Å². The van der Waals surface area contributed by atoms with Crippen molar-refractivity contribution >= 4 is 28.9 Å².